The van der Waals surface area contributed by atoms with Gasteiger partial charge in [-0.1, -0.05) is 15.3 Å². The molecule has 11 heteroatoms. The van der Waals surface area contributed by atoms with E-state index in [4.69, 9.17) is 9.47 Å². The van der Waals surface area contributed by atoms with E-state index in [-0.39, 0.29) is 40.5 Å². The number of benzene rings is 2. The van der Waals surface area contributed by atoms with Crippen molar-refractivity contribution in [3.05, 3.63) is 42.5 Å². The molecule has 3 N–H and O–H groups in total. The quantitative estimate of drug-likeness (QED) is 0.452. The second-order valence-corrected chi connectivity index (χ2v) is 10.7. The summed E-state index contributed by atoms with van der Waals surface area (Å²) < 4.78 is 52.9. The monoisotopic (exact) mass is 498 g/mol. The largest absolute Gasteiger partial charge is 0.492 e. The minimum absolute atomic E-state index is 0.0722. The number of alkyl halides is 1. The Morgan fingerprint density at radius 2 is 2.00 bits per heavy atom. The number of halogens is 1. The summed E-state index contributed by atoms with van der Waals surface area (Å²) in [6, 6.07) is 10.2. The smallest absolute Gasteiger partial charge is 0.265 e. The van der Waals surface area contributed by atoms with Gasteiger partial charge in [0.25, 0.3) is 15.6 Å². The van der Waals surface area contributed by atoms with Crippen molar-refractivity contribution in [2.45, 2.75) is 49.7 Å². The third kappa shape index (κ3) is 7.03. The molecule has 1 fully saturated rings. The number of anilines is 2. The molecular weight excluding hydrogens is 470 g/mol. The molecule has 1 aliphatic rings. The van der Waals surface area contributed by atoms with E-state index in [9.17, 15) is 22.7 Å². The van der Waals surface area contributed by atoms with Gasteiger partial charge in [-0.25, -0.2) is 8.42 Å². The number of nitrogens with one attached hydrogen (secondary N) is 2. The first-order chi connectivity index (χ1) is 15.5. The van der Waals surface area contributed by atoms with E-state index < -0.39 is 21.7 Å². The van der Waals surface area contributed by atoms with Gasteiger partial charge in [0, 0.05) is 30.7 Å². The molecule has 0 aliphatic heterocycles. The molecule has 0 spiro atoms. The minimum atomic E-state index is -4.07. The molecule has 2 aromatic rings. The molecule has 0 bridgehead atoms. The fourth-order valence-corrected chi connectivity index (χ4v) is 4.89. The molecule has 0 aromatic heterocycles. The van der Waals surface area contributed by atoms with E-state index in [1.807, 2.05) is 9.24 Å². The molecule has 1 saturated carbocycles. The lowest BCUT2D eigenvalue weighted by atomic mass is 10.1. The van der Waals surface area contributed by atoms with E-state index in [2.05, 4.69) is 10.0 Å². The summed E-state index contributed by atoms with van der Waals surface area (Å²) in [5, 5.41) is 12.4. The highest BCUT2D eigenvalue weighted by atomic mass is 32.2. The Balaban J connectivity index is 1.81. The van der Waals surface area contributed by atoms with Crippen molar-refractivity contribution in [3.63, 3.8) is 0 Å². The van der Waals surface area contributed by atoms with E-state index in [0.717, 1.165) is 0 Å². The summed E-state index contributed by atoms with van der Waals surface area (Å²) in [5.41, 5.74) is -1.43. The molecule has 33 heavy (non-hydrogen) atoms. The average molecular weight is 499 g/mol. The predicted molar refractivity (Wildman–Crippen MR) is 127 cm³/mol. The standard InChI is InChI=1S/C22H28FN2O6PS/c1-3-30-19-13-15(24-21(27)14-7-9-17(26)11-14)8-10-20(19)33(28,29)25-16-5-4-6-18(12-16)31-22(2,23)32/h4-6,8,10,12-14,17,25-26H,3,7,9,11,32H2,1-2H3,(H,24,27). The fourth-order valence-electron chi connectivity index (χ4n) is 3.58. The summed E-state index contributed by atoms with van der Waals surface area (Å²) in [6.07, 6.45) is 1.11. The van der Waals surface area contributed by atoms with Crippen LogP contribution < -0.4 is 19.5 Å². The van der Waals surface area contributed by atoms with Crippen LogP contribution in [0.3, 0.4) is 0 Å². The van der Waals surface area contributed by atoms with Crippen LogP contribution in [0.25, 0.3) is 0 Å². The van der Waals surface area contributed by atoms with Gasteiger partial charge in [0.15, 0.2) is 0 Å². The normalized spacial score (nSPS) is 20.0. The number of amides is 1. The number of aliphatic hydroxyl groups is 1. The number of carbonyl (C=O) groups is 1. The number of rotatable bonds is 9. The maximum Gasteiger partial charge on any atom is 0.265 e. The first kappa shape index (κ1) is 25.2. The van der Waals surface area contributed by atoms with Crippen LogP contribution in [0, 0.1) is 5.92 Å². The Morgan fingerprint density at radius 1 is 1.24 bits per heavy atom. The molecule has 0 heterocycles. The van der Waals surface area contributed by atoms with Crippen molar-refractivity contribution in [1.29, 1.82) is 0 Å². The van der Waals surface area contributed by atoms with E-state index in [1.54, 1.807) is 6.92 Å². The first-order valence-electron chi connectivity index (χ1n) is 10.5. The highest BCUT2D eigenvalue weighted by molar-refractivity contribution is 7.92. The van der Waals surface area contributed by atoms with Gasteiger partial charge >= 0.3 is 0 Å². The molecule has 8 nitrogen and oxygen atoms in total. The van der Waals surface area contributed by atoms with Gasteiger partial charge in [-0.05, 0) is 50.5 Å². The molecule has 4 atom stereocenters. The molecule has 4 unspecified atom stereocenters. The van der Waals surface area contributed by atoms with Crippen LogP contribution in [0.2, 0.25) is 0 Å². The van der Waals surface area contributed by atoms with Crippen molar-refractivity contribution in [2.75, 3.05) is 16.6 Å². The van der Waals surface area contributed by atoms with Gasteiger partial charge in [0.1, 0.15) is 16.4 Å². The zero-order valence-corrected chi connectivity index (χ0v) is 20.3. The highest BCUT2D eigenvalue weighted by Crippen LogP contribution is 2.32. The lowest BCUT2D eigenvalue weighted by Crippen LogP contribution is -2.21. The number of hydrogen-bond donors (Lipinski definition) is 3. The summed E-state index contributed by atoms with van der Waals surface area (Å²) in [4.78, 5) is 12.3. The minimum Gasteiger partial charge on any atom is -0.492 e. The van der Waals surface area contributed by atoms with Crippen LogP contribution in [0.1, 0.15) is 33.1 Å². The Kier molecular flexibility index (Phi) is 7.82. The third-order valence-electron chi connectivity index (χ3n) is 4.98. The SMILES string of the molecule is CCOc1cc(NC(=O)C2CCC(O)C2)ccc1S(=O)(=O)Nc1cccc(OC(C)(F)P)c1. The van der Waals surface area contributed by atoms with Crippen molar-refractivity contribution in [2.24, 2.45) is 5.92 Å². The zero-order valence-electron chi connectivity index (χ0n) is 18.4. The second-order valence-electron chi connectivity index (χ2n) is 7.97. The van der Waals surface area contributed by atoms with Gasteiger partial charge in [-0.15, -0.1) is 0 Å². The summed E-state index contributed by atoms with van der Waals surface area (Å²) in [5.74, 6) is -0.297. The molecule has 0 saturated heterocycles. The van der Waals surface area contributed by atoms with Gasteiger partial charge in [0.05, 0.1) is 18.4 Å². The molecule has 2 aromatic carbocycles. The van der Waals surface area contributed by atoms with E-state index >= 15 is 0 Å². The Hall–Kier alpha value is -2.42. The summed E-state index contributed by atoms with van der Waals surface area (Å²) >= 11 is 0. The van der Waals surface area contributed by atoms with Crippen molar-refractivity contribution >= 4 is 36.5 Å². The molecule has 1 amide bonds. The Labute approximate surface area is 195 Å². The van der Waals surface area contributed by atoms with Crippen LogP contribution in [0.15, 0.2) is 47.4 Å². The third-order valence-corrected chi connectivity index (χ3v) is 6.52. The first-order valence-corrected chi connectivity index (χ1v) is 12.6. The maximum atomic E-state index is 13.7. The molecule has 1 aliphatic carbocycles. The predicted octanol–water partition coefficient (Wildman–Crippen LogP) is 3.88. The topological polar surface area (TPSA) is 114 Å². The number of ether oxygens (including phenoxy) is 2. The maximum absolute atomic E-state index is 13.7. The van der Waals surface area contributed by atoms with E-state index in [1.165, 1.54) is 49.4 Å². The fraction of sp³-hybridized carbons (Fsp3) is 0.409. The van der Waals surface area contributed by atoms with Gasteiger partial charge in [-0.3, -0.25) is 9.52 Å². The number of carbonyl (C=O) groups excluding carboxylic acids is 1. The van der Waals surface area contributed by atoms with E-state index in [0.29, 0.717) is 24.9 Å². The number of aliphatic hydroxyl groups excluding tert-OH is 1. The van der Waals surface area contributed by atoms with Crippen LogP contribution in [0.5, 0.6) is 11.5 Å². The Morgan fingerprint density at radius 3 is 2.64 bits per heavy atom. The zero-order chi connectivity index (χ0) is 24.2. The molecule has 0 radical (unpaired) electrons. The lowest BCUT2D eigenvalue weighted by molar-refractivity contribution is -0.119. The van der Waals surface area contributed by atoms with Crippen LogP contribution >= 0.6 is 9.24 Å². The van der Waals surface area contributed by atoms with Crippen molar-refractivity contribution in [1.82, 2.24) is 0 Å². The molecule has 3 rings (SSSR count). The van der Waals surface area contributed by atoms with Crippen LogP contribution in [0.4, 0.5) is 15.8 Å². The van der Waals surface area contributed by atoms with Crippen molar-refractivity contribution < 1.29 is 32.2 Å². The van der Waals surface area contributed by atoms with Gasteiger partial charge in [0.2, 0.25) is 5.91 Å². The van der Waals surface area contributed by atoms with Crippen molar-refractivity contribution in [3.8, 4) is 11.5 Å². The van der Waals surface area contributed by atoms with Crippen LogP contribution in [-0.4, -0.2) is 37.7 Å². The summed E-state index contributed by atoms with van der Waals surface area (Å²) in [6.45, 7) is 3.13. The van der Waals surface area contributed by atoms with Crippen LogP contribution in [-0.2, 0) is 14.8 Å². The average Bonchev–Trinajstić information content (AvgIpc) is 3.13. The van der Waals surface area contributed by atoms with Gasteiger partial charge < -0.3 is 19.9 Å². The molecular formula is C22H28FN2O6PS. The number of hydrogen-bond acceptors (Lipinski definition) is 6. The Bertz CT molecular complexity index is 1110. The molecule has 180 valence electrons. The lowest BCUT2D eigenvalue weighted by Gasteiger charge is -2.18. The van der Waals surface area contributed by atoms with Gasteiger partial charge in [-0.2, -0.15) is 4.39 Å². The number of sulfonamides is 1. The highest BCUT2D eigenvalue weighted by Gasteiger charge is 2.29. The second kappa shape index (κ2) is 10.2. The summed E-state index contributed by atoms with van der Waals surface area (Å²) in [7, 11) is -2.17.